The van der Waals surface area contributed by atoms with E-state index in [1.807, 2.05) is 18.4 Å². The van der Waals surface area contributed by atoms with E-state index in [1.54, 1.807) is 0 Å². The van der Waals surface area contributed by atoms with Crippen molar-refractivity contribution in [1.82, 2.24) is 10.6 Å². The maximum atomic E-state index is 4.30. The molecule has 1 aliphatic carbocycles. The van der Waals surface area contributed by atoms with E-state index in [2.05, 4.69) is 58.9 Å². The molecule has 1 aromatic heterocycles. The molecule has 0 fully saturated rings. The van der Waals surface area contributed by atoms with Crippen molar-refractivity contribution in [3.05, 3.63) is 57.3 Å². The van der Waals surface area contributed by atoms with Gasteiger partial charge in [-0.25, -0.2) is 0 Å². The Kier molecular flexibility index (Phi) is 4.25. The molecule has 110 valence electrons. The summed E-state index contributed by atoms with van der Waals surface area (Å²) >= 11 is 1.83. The summed E-state index contributed by atoms with van der Waals surface area (Å²) < 4.78 is 0. The molecule has 1 unspecified atom stereocenters. The molecule has 0 saturated carbocycles. The number of guanidine groups is 1. The summed E-state index contributed by atoms with van der Waals surface area (Å²) in [6.07, 6.45) is 1.17. The summed E-state index contributed by atoms with van der Waals surface area (Å²) in [4.78, 5) is 6.98. The van der Waals surface area contributed by atoms with Gasteiger partial charge in [-0.3, -0.25) is 4.99 Å². The number of aryl methyl sites for hydroxylation is 1. The maximum Gasteiger partial charge on any atom is 0.191 e. The average Bonchev–Trinajstić information content (AvgIpc) is 2.89. The zero-order chi connectivity index (χ0) is 14.7. The van der Waals surface area contributed by atoms with Crippen LogP contribution in [0.5, 0.6) is 0 Å². The highest BCUT2D eigenvalue weighted by atomic mass is 32.1. The Morgan fingerprint density at radius 3 is 2.81 bits per heavy atom. The summed E-state index contributed by atoms with van der Waals surface area (Å²) in [5.41, 5.74) is 2.97. The van der Waals surface area contributed by atoms with Crippen molar-refractivity contribution in [2.45, 2.75) is 25.8 Å². The van der Waals surface area contributed by atoms with Crippen LogP contribution in [0, 0.1) is 6.92 Å². The van der Waals surface area contributed by atoms with Gasteiger partial charge in [-0.1, -0.05) is 24.3 Å². The number of hydrogen-bond donors (Lipinski definition) is 2. The zero-order valence-corrected chi connectivity index (χ0v) is 13.3. The van der Waals surface area contributed by atoms with E-state index in [9.17, 15) is 0 Å². The number of thiophene rings is 1. The predicted octanol–water partition coefficient (Wildman–Crippen LogP) is 3.06. The monoisotopic (exact) mass is 299 g/mol. The SMILES string of the molecule is CN=C(NCc1ccc(C)s1)NCC1Cc2ccccc21. The number of aliphatic imine (C=N–C) groups is 1. The minimum Gasteiger partial charge on any atom is -0.356 e. The molecule has 0 bridgehead atoms. The van der Waals surface area contributed by atoms with Crippen LogP contribution in [-0.2, 0) is 13.0 Å². The Balaban J connectivity index is 1.48. The molecule has 3 rings (SSSR count). The first-order valence-corrected chi connectivity index (χ1v) is 8.15. The van der Waals surface area contributed by atoms with Crippen molar-refractivity contribution in [3.8, 4) is 0 Å². The van der Waals surface area contributed by atoms with Crippen LogP contribution in [0.2, 0.25) is 0 Å². The zero-order valence-electron chi connectivity index (χ0n) is 12.5. The second kappa shape index (κ2) is 6.31. The van der Waals surface area contributed by atoms with E-state index >= 15 is 0 Å². The van der Waals surface area contributed by atoms with E-state index in [0.717, 1.165) is 19.0 Å². The van der Waals surface area contributed by atoms with Gasteiger partial charge in [-0.05, 0) is 36.6 Å². The number of nitrogens with one attached hydrogen (secondary N) is 2. The minimum atomic E-state index is 0.615. The fourth-order valence-electron chi connectivity index (χ4n) is 2.74. The maximum absolute atomic E-state index is 4.30. The summed E-state index contributed by atoms with van der Waals surface area (Å²) in [6, 6.07) is 13.0. The lowest BCUT2D eigenvalue weighted by Crippen LogP contribution is -2.40. The lowest BCUT2D eigenvalue weighted by atomic mass is 9.78. The van der Waals surface area contributed by atoms with E-state index in [1.165, 1.54) is 27.3 Å². The lowest BCUT2D eigenvalue weighted by molar-refractivity contribution is 0.584. The van der Waals surface area contributed by atoms with Crippen LogP contribution in [0.3, 0.4) is 0 Å². The van der Waals surface area contributed by atoms with Crippen LogP contribution in [0.15, 0.2) is 41.4 Å². The molecule has 0 radical (unpaired) electrons. The second-order valence-electron chi connectivity index (χ2n) is 5.42. The molecule has 1 aromatic carbocycles. The van der Waals surface area contributed by atoms with Crippen LogP contribution in [0.1, 0.15) is 26.8 Å². The number of benzene rings is 1. The molecule has 1 heterocycles. The fraction of sp³-hybridized carbons (Fsp3) is 0.353. The molecule has 2 aromatic rings. The number of nitrogens with zero attached hydrogens (tertiary/aromatic N) is 1. The standard InChI is InChI=1S/C17H21N3S/c1-12-7-8-15(21-12)11-20-17(18-2)19-10-14-9-13-5-3-4-6-16(13)14/h3-8,14H,9-11H2,1-2H3,(H2,18,19,20). The van der Waals surface area contributed by atoms with Crippen molar-refractivity contribution in [1.29, 1.82) is 0 Å². The van der Waals surface area contributed by atoms with Crippen molar-refractivity contribution in [2.75, 3.05) is 13.6 Å². The van der Waals surface area contributed by atoms with Gasteiger partial charge in [0, 0.05) is 29.3 Å². The Bertz CT molecular complexity index is 645. The van der Waals surface area contributed by atoms with Crippen molar-refractivity contribution >= 4 is 17.3 Å². The van der Waals surface area contributed by atoms with E-state index in [0.29, 0.717) is 5.92 Å². The largest absolute Gasteiger partial charge is 0.356 e. The quantitative estimate of drug-likeness (QED) is 0.672. The summed E-state index contributed by atoms with van der Waals surface area (Å²) in [5.74, 6) is 1.49. The van der Waals surface area contributed by atoms with Gasteiger partial charge in [0.25, 0.3) is 0 Å². The third-order valence-corrected chi connectivity index (χ3v) is 4.93. The van der Waals surface area contributed by atoms with Gasteiger partial charge in [0.1, 0.15) is 0 Å². The Hall–Kier alpha value is -1.81. The van der Waals surface area contributed by atoms with Crippen LogP contribution >= 0.6 is 11.3 Å². The first-order chi connectivity index (χ1) is 10.3. The predicted molar refractivity (Wildman–Crippen MR) is 90.1 cm³/mol. The topological polar surface area (TPSA) is 36.4 Å². The van der Waals surface area contributed by atoms with Gasteiger partial charge >= 0.3 is 0 Å². The fourth-order valence-corrected chi connectivity index (χ4v) is 3.57. The van der Waals surface area contributed by atoms with Gasteiger partial charge in [0.15, 0.2) is 5.96 Å². The first kappa shape index (κ1) is 14.1. The Morgan fingerprint density at radius 2 is 2.10 bits per heavy atom. The molecular weight excluding hydrogens is 278 g/mol. The van der Waals surface area contributed by atoms with Crippen LogP contribution < -0.4 is 10.6 Å². The number of fused-ring (bicyclic) bond motifs is 1. The molecule has 1 atom stereocenters. The normalized spacial score (nSPS) is 17.0. The van der Waals surface area contributed by atoms with Gasteiger partial charge < -0.3 is 10.6 Å². The highest BCUT2D eigenvalue weighted by molar-refractivity contribution is 7.11. The third kappa shape index (κ3) is 3.27. The van der Waals surface area contributed by atoms with Crippen LogP contribution in [-0.4, -0.2) is 19.6 Å². The van der Waals surface area contributed by atoms with Gasteiger partial charge in [0.05, 0.1) is 6.54 Å². The summed E-state index contributed by atoms with van der Waals surface area (Å²) in [7, 11) is 1.82. The minimum absolute atomic E-state index is 0.615. The molecule has 3 nitrogen and oxygen atoms in total. The number of hydrogen-bond acceptors (Lipinski definition) is 2. The molecule has 21 heavy (non-hydrogen) atoms. The Labute approximate surface area is 130 Å². The van der Waals surface area contributed by atoms with Crippen LogP contribution in [0.25, 0.3) is 0 Å². The summed E-state index contributed by atoms with van der Waals surface area (Å²) in [6.45, 7) is 3.91. The Morgan fingerprint density at radius 1 is 1.24 bits per heavy atom. The second-order valence-corrected chi connectivity index (χ2v) is 6.79. The van der Waals surface area contributed by atoms with Gasteiger partial charge in [-0.15, -0.1) is 11.3 Å². The van der Waals surface area contributed by atoms with Gasteiger partial charge in [-0.2, -0.15) is 0 Å². The van der Waals surface area contributed by atoms with Gasteiger partial charge in [0.2, 0.25) is 0 Å². The average molecular weight is 299 g/mol. The smallest absolute Gasteiger partial charge is 0.191 e. The first-order valence-electron chi connectivity index (χ1n) is 7.34. The molecular formula is C17H21N3S. The van der Waals surface area contributed by atoms with Crippen LogP contribution in [0.4, 0.5) is 0 Å². The number of rotatable bonds is 4. The summed E-state index contributed by atoms with van der Waals surface area (Å²) in [5, 5.41) is 6.81. The molecule has 4 heteroatoms. The van der Waals surface area contributed by atoms with E-state index < -0.39 is 0 Å². The van der Waals surface area contributed by atoms with E-state index in [4.69, 9.17) is 0 Å². The molecule has 2 N–H and O–H groups in total. The van der Waals surface area contributed by atoms with Crippen molar-refractivity contribution < 1.29 is 0 Å². The third-order valence-electron chi connectivity index (χ3n) is 3.93. The lowest BCUT2D eigenvalue weighted by Gasteiger charge is -2.30. The molecule has 0 saturated heterocycles. The van der Waals surface area contributed by atoms with E-state index in [-0.39, 0.29) is 0 Å². The van der Waals surface area contributed by atoms with Crippen molar-refractivity contribution in [2.24, 2.45) is 4.99 Å². The van der Waals surface area contributed by atoms with Crippen molar-refractivity contribution in [3.63, 3.8) is 0 Å². The molecule has 1 aliphatic rings. The highest BCUT2D eigenvalue weighted by Crippen LogP contribution is 2.33. The molecule has 0 amide bonds. The molecule has 0 spiro atoms. The molecule has 0 aliphatic heterocycles. The highest BCUT2D eigenvalue weighted by Gasteiger charge is 2.25.